The maximum absolute atomic E-state index is 10.4. The van der Waals surface area contributed by atoms with E-state index in [1.165, 1.54) is 116 Å². The lowest BCUT2D eigenvalue weighted by Crippen LogP contribution is -2.26. The normalized spacial score (nSPS) is 11.5. The van der Waals surface area contributed by atoms with Crippen molar-refractivity contribution in [3.05, 3.63) is 29.3 Å². The first-order valence-corrected chi connectivity index (χ1v) is 13.2. The maximum Gasteiger partial charge on any atom is 0.122 e. The van der Waals surface area contributed by atoms with Gasteiger partial charge in [-0.2, -0.15) is 0 Å². The Hall–Kier alpha value is -1.02. The van der Waals surface area contributed by atoms with Crippen LogP contribution in [0, 0.1) is 6.92 Å². The van der Waals surface area contributed by atoms with E-state index in [1.807, 2.05) is 13.0 Å². The molecule has 0 bridgehead atoms. The molecule has 0 aliphatic heterocycles. The number of rotatable bonds is 20. The van der Waals surface area contributed by atoms with E-state index in [0.717, 1.165) is 17.7 Å². The minimum absolute atomic E-state index is 0.495. The number of aryl methyl sites for hydroxylation is 1. The van der Waals surface area contributed by atoms with Crippen molar-refractivity contribution in [1.82, 2.24) is 4.90 Å². The molecule has 0 amide bonds. The van der Waals surface area contributed by atoms with Crippen LogP contribution in [-0.4, -0.2) is 23.1 Å². The predicted octanol–water partition coefficient (Wildman–Crippen LogP) is 8.78. The van der Waals surface area contributed by atoms with Crippen molar-refractivity contribution in [1.29, 1.82) is 0 Å². The molecule has 0 aliphatic rings. The summed E-state index contributed by atoms with van der Waals surface area (Å²) in [7, 11) is 0. The Morgan fingerprint density at radius 2 is 1.07 bits per heavy atom. The van der Waals surface area contributed by atoms with Crippen LogP contribution in [0.2, 0.25) is 0 Å². The third-order valence-electron chi connectivity index (χ3n) is 6.37. The van der Waals surface area contributed by atoms with E-state index in [-0.39, 0.29) is 0 Å². The van der Waals surface area contributed by atoms with Crippen molar-refractivity contribution in [2.24, 2.45) is 0 Å². The number of para-hydroxylation sites is 1. The van der Waals surface area contributed by atoms with Crippen LogP contribution in [0.3, 0.4) is 0 Å². The van der Waals surface area contributed by atoms with E-state index >= 15 is 0 Å². The fraction of sp³-hybridized carbons (Fsp3) is 0.786. The second kappa shape index (κ2) is 18.7. The van der Waals surface area contributed by atoms with Gasteiger partial charge in [-0.1, -0.05) is 122 Å². The zero-order chi connectivity index (χ0) is 21.9. The summed E-state index contributed by atoms with van der Waals surface area (Å²) < 4.78 is 0. The molecule has 0 radical (unpaired) electrons. The number of benzene rings is 1. The van der Waals surface area contributed by atoms with Crippen LogP contribution < -0.4 is 0 Å². The van der Waals surface area contributed by atoms with Crippen molar-refractivity contribution >= 4 is 0 Å². The van der Waals surface area contributed by atoms with Crippen LogP contribution in [0.4, 0.5) is 0 Å². The highest BCUT2D eigenvalue weighted by molar-refractivity contribution is 5.39. The van der Waals surface area contributed by atoms with Crippen molar-refractivity contribution < 1.29 is 5.11 Å². The number of phenolic OH excluding ortho intramolecular Hbond substituents is 1. The fourth-order valence-corrected chi connectivity index (χ4v) is 4.30. The van der Waals surface area contributed by atoms with Crippen LogP contribution in [-0.2, 0) is 6.54 Å². The summed E-state index contributed by atoms with van der Waals surface area (Å²) in [5.74, 6) is 0.495. The van der Waals surface area contributed by atoms with Gasteiger partial charge in [-0.15, -0.1) is 0 Å². The molecule has 1 N–H and O–H groups in total. The first-order valence-electron chi connectivity index (χ1n) is 13.2. The smallest absolute Gasteiger partial charge is 0.122 e. The summed E-state index contributed by atoms with van der Waals surface area (Å²) >= 11 is 0. The van der Waals surface area contributed by atoms with Gasteiger partial charge in [-0.05, 0) is 38.4 Å². The zero-order valence-electron chi connectivity index (χ0n) is 20.6. The number of hydrogen-bond acceptors (Lipinski definition) is 2. The monoisotopic (exact) mass is 417 g/mol. The average Bonchev–Trinajstić information content (AvgIpc) is 2.74. The van der Waals surface area contributed by atoms with Gasteiger partial charge < -0.3 is 5.11 Å². The summed E-state index contributed by atoms with van der Waals surface area (Å²) in [6.07, 6.45) is 21.9. The van der Waals surface area contributed by atoms with Crippen LogP contribution in [0.1, 0.15) is 128 Å². The number of hydrogen-bond donors (Lipinski definition) is 1. The molecule has 1 rings (SSSR count). The minimum atomic E-state index is 0.495. The van der Waals surface area contributed by atoms with Gasteiger partial charge in [-0.3, -0.25) is 4.90 Å². The van der Waals surface area contributed by atoms with Gasteiger partial charge in [0.15, 0.2) is 0 Å². The molecule has 1 aromatic carbocycles. The van der Waals surface area contributed by atoms with Gasteiger partial charge >= 0.3 is 0 Å². The Kier molecular flexibility index (Phi) is 16.9. The van der Waals surface area contributed by atoms with Gasteiger partial charge in [-0.25, -0.2) is 0 Å². The van der Waals surface area contributed by atoms with Crippen molar-refractivity contribution in [3.63, 3.8) is 0 Å². The topological polar surface area (TPSA) is 23.5 Å². The van der Waals surface area contributed by atoms with Crippen LogP contribution in [0.15, 0.2) is 18.2 Å². The Balaban J connectivity index is 2.33. The molecule has 0 saturated heterocycles. The van der Waals surface area contributed by atoms with E-state index in [0.29, 0.717) is 5.75 Å². The Labute approximate surface area is 188 Å². The molecule has 30 heavy (non-hydrogen) atoms. The molecule has 2 nitrogen and oxygen atoms in total. The summed E-state index contributed by atoms with van der Waals surface area (Å²) in [5.41, 5.74) is 2.08. The van der Waals surface area contributed by atoms with Gasteiger partial charge in [0.25, 0.3) is 0 Å². The summed E-state index contributed by atoms with van der Waals surface area (Å²) in [5, 5.41) is 10.4. The Morgan fingerprint density at radius 3 is 1.53 bits per heavy atom. The first-order chi connectivity index (χ1) is 14.7. The zero-order valence-corrected chi connectivity index (χ0v) is 20.6. The molecule has 0 spiro atoms. The molecule has 174 valence electrons. The predicted molar refractivity (Wildman–Crippen MR) is 133 cm³/mol. The first kappa shape index (κ1) is 27.0. The van der Waals surface area contributed by atoms with Crippen LogP contribution >= 0.6 is 0 Å². The Morgan fingerprint density at radius 1 is 0.633 bits per heavy atom. The number of aromatic hydroxyl groups is 1. The average molecular weight is 418 g/mol. The SMILES string of the molecule is CCCCCCCCCCN(CCCCCCCCCC)Cc1cccc(C)c1O. The highest BCUT2D eigenvalue weighted by atomic mass is 16.3. The summed E-state index contributed by atoms with van der Waals surface area (Å²) in [6, 6.07) is 6.17. The molecule has 0 atom stereocenters. The maximum atomic E-state index is 10.4. The third-order valence-corrected chi connectivity index (χ3v) is 6.37. The van der Waals surface area contributed by atoms with Crippen molar-refractivity contribution in [3.8, 4) is 5.75 Å². The van der Waals surface area contributed by atoms with E-state index < -0.39 is 0 Å². The second-order valence-electron chi connectivity index (χ2n) is 9.31. The lowest BCUT2D eigenvalue weighted by molar-refractivity contribution is 0.249. The lowest BCUT2D eigenvalue weighted by atomic mass is 10.1. The van der Waals surface area contributed by atoms with Crippen molar-refractivity contribution in [2.45, 2.75) is 130 Å². The number of unbranched alkanes of at least 4 members (excludes halogenated alkanes) is 14. The molecular formula is C28H51NO. The van der Waals surface area contributed by atoms with E-state index in [9.17, 15) is 5.11 Å². The molecular weight excluding hydrogens is 366 g/mol. The Bertz CT molecular complexity index is 493. The van der Waals surface area contributed by atoms with Gasteiger partial charge in [0.2, 0.25) is 0 Å². The largest absolute Gasteiger partial charge is 0.507 e. The standard InChI is InChI=1S/C28H51NO/c1-4-6-8-10-12-14-16-18-23-29(24-19-17-15-13-11-9-7-5-2)25-27-22-20-21-26(3)28(27)30/h20-22,30H,4-19,23-25H2,1-3H3. The number of nitrogens with zero attached hydrogens (tertiary/aromatic N) is 1. The summed E-state index contributed by atoms with van der Waals surface area (Å²) in [4.78, 5) is 2.59. The van der Waals surface area contributed by atoms with E-state index in [1.54, 1.807) is 0 Å². The fourth-order valence-electron chi connectivity index (χ4n) is 4.30. The highest BCUT2D eigenvalue weighted by Crippen LogP contribution is 2.23. The molecule has 0 fully saturated rings. The van der Waals surface area contributed by atoms with Crippen molar-refractivity contribution in [2.75, 3.05) is 13.1 Å². The lowest BCUT2D eigenvalue weighted by Gasteiger charge is -2.23. The van der Waals surface area contributed by atoms with Gasteiger partial charge in [0.05, 0.1) is 0 Å². The van der Waals surface area contributed by atoms with Gasteiger partial charge in [0.1, 0.15) is 5.75 Å². The minimum Gasteiger partial charge on any atom is -0.507 e. The quantitative estimate of drug-likeness (QED) is 0.214. The van der Waals surface area contributed by atoms with Crippen LogP contribution in [0.25, 0.3) is 0 Å². The molecule has 0 unspecified atom stereocenters. The molecule has 0 heterocycles. The van der Waals surface area contributed by atoms with E-state index in [2.05, 4.69) is 30.9 Å². The molecule has 0 aromatic heterocycles. The van der Waals surface area contributed by atoms with Crippen LogP contribution in [0.5, 0.6) is 5.75 Å². The highest BCUT2D eigenvalue weighted by Gasteiger charge is 2.10. The summed E-state index contributed by atoms with van der Waals surface area (Å²) in [6.45, 7) is 9.79. The third kappa shape index (κ3) is 13.3. The van der Waals surface area contributed by atoms with E-state index in [4.69, 9.17) is 0 Å². The second-order valence-corrected chi connectivity index (χ2v) is 9.31. The molecule has 0 saturated carbocycles. The number of phenols is 1. The molecule has 1 aromatic rings. The van der Waals surface area contributed by atoms with Gasteiger partial charge in [0, 0.05) is 12.1 Å². The molecule has 2 heteroatoms. The molecule has 0 aliphatic carbocycles.